The van der Waals surface area contributed by atoms with Crippen molar-refractivity contribution in [1.29, 1.82) is 0 Å². The minimum absolute atomic E-state index is 0.00959. The topological polar surface area (TPSA) is 83.6 Å². The molecule has 0 aliphatic heterocycles. The molecule has 1 atom stereocenters. The lowest BCUT2D eigenvalue weighted by Gasteiger charge is -2.21. The molecule has 0 bridgehead atoms. The highest BCUT2D eigenvalue weighted by Crippen LogP contribution is 2.32. The zero-order valence-electron chi connectivity index (χ0n) is 13.6. The number of aryl methyl sites for hydroxylation is 1. The molecule has 25 heavy (non-hydrogen) atoms. The van der Waals surface area contributed by atoms with Crippen molar-refractivity contribution >= 4 is 11.9 Å². The first-order valence-electron chi connectivity index (χ1n) is 7.18. The molecule has 6 nitrogen and oxygen atoms in total. The van der Waals surface area contributed by atoms with E-state index < -0.39 is 29.7 Å². The number of hydrogen-bond donors (Lipinski definition) is 1. The fraction of sp³-hybridized carbons (Fsp3) is 0.312. The largest absolute Gasteiger partial charge is 0.480 e. The van der Waals surface area contributed by atoms with Crippen molar-refractivity contribution in [3.8, 4) is 11.3 Å². The second-order valence-electron chi connectivity index (χ2n) is 5.47. The number of carboxylic acids is 1. The lowest BCUT2D eigenvalue weighted by atomic mass is 10.0. The summed E-state index contributed by atoms with van der Waals surface area (Å²) in [6.07, 6.45) is -4.48. The molecule has 1 unspecified atom stereocenters. The van der Waals surface area contributed by atoms with Crippen LogP contribution in [0.3, 0.4) is 0 Å². The number of hydrogen-bond acceptors (Lipinski definition) is 4. The van der Waals surface area contributed by atoms with Gasteiger partial charge in [-0.2, -0.15) is 13.2 Å². The minimum Gasteiger partial charge on any atom is -0.480 e. The maximum atomic E-state index is 12.7. The Morgan fingerprint density at radius 2 is 1.80 bits per heavy atom. The Hall–Kier alpha value is -2.84. The van der Waals surface area contributed by atoms with E-state index in [-0.39, 0.29) is 22.6 Å². The number of aromatic nitrogens is 1. The summed E-state index contributed by atoms with van der Waals surface area (Å²) < 4.78 is 43.0. The van der Waals surface area contributed by atoms with E-state index in [1.807, 2.05) is 0 Å². The number of aliphatic carboxylic acids is 1. The van der Waals surface area contributed by atoms with E-state index in [4.69, 9.17) is 9.63 Å². The number of carbonyl (C=O) groups is 2. The van der Waals surface area contributed by atoms with Crippen LogP contribution in [0, 0.1) is 6.92 Å². The van der Waals surface area contributed by atoms with Crippen molar-refractivity contribution in [3.05, 3.63) is 41.2 Å². The summed E-state index contributed by atoms with van der Waals surface area (Å²) in [5, 5.41) is 12.8. The van der Waals surface area contributed by atoms with Gasteiger partial charge in [0.05, 0.1) is 5.56 Å². The van der Waals surface area contributed by atoms with Gasteiger partial charge in [0.1, 0.15) is 23.1 Å². The van der Waals surface area contributed by atoms with Gasteiger partial charge in [0.25, 0.3) is 5.91 Å². The summed E-state index contributed by atoms with van der Waals surface area (Å²) in [6.45, 7) is 2.80. The predicted molar refractivity (Wildman–Crippen MR) is 80.9 cm³/mol. The van der Waals surface area contributed by atoms with Crippen LogP contribution in [0.1, 0.15) is 28.6 Å². The van der Waals surface area contributed by atoms with Gasteiger partial charge >= 0.3 is 12.1 Å². The zero-order valence-corrected chi connectivity index (χ0v) is 13.6. The number of carboxylic acid groups (broad SMARTS) is 1. The third kappa shape index (κ3) is 3.65. The fourth-order valence-corrected chi connectivity index (χ4v) is 2.16. The average molecular weight is 356 g/mol. The van der Waals surface area contributed by atoms with Crippen LogP contribution in [-0.4, -0.2) is 40.1 Å². The number of carbonyl (C=O) groups excluding carboxylic acids is 1. The maximum absolute atomic E-state index is 12.7. The number of benzene rings is 1. The number of halogens is 3. The van der Waals surface area contributed by atoms with E-state index in [1.165, 1.54) is 33.0 Å². The van der Waals surface area contributed by atoms with E-state index in [9.17, 15) is 22.8 Å². The van der Waals surface area contributed by atoms with Gasteiger partial charge in [-0.15, -0.1) is 0 Å². The Labute approximate surface area is 140 Å². The lowest BCUT2D eigenvalue weighted by Crippen LogP contribution is -2.40. The molecule has 9 heteroatoms. The summed E-state index contributed by atoms with van der Waals surface area (Å²) in [5.74, 6) is -1.70. The third-order valence-electron chi connectivity index (χ3n) is 3.82. The molecule has 0 aliphatic carbocycles. The summed E-state index contributed by atoms with van der Waals surface area (Å²) in [5.41, 5.74) is -0.512. The van der Waals surface area contributed by atoms with Gasteiger partial charge in [0, 0.05) is 12.6 Å². The molecule has 1 aromatic heterocycles. The van der Waals surface area contributed by atoms with Crippen molar-refractivity contribution in [2.24, 2.45) is 0 Å². The van der Waals surface area contributed by atoms with Crippen molar-refractivity contribution in [2.75, 3.05) is 7.05 Å². The first-order valence-corrected chi connectivity index (χ1v) is 7.18. The molecule has 0 aliphatic rings. The molecule has 0 fully saturated rings. The van der Waals surface area contributed by atoms with Crippen LogP contribution in [0.4, 0.5) is 13.2 Å². The highest BCUT2D eigenvalue weighted by Gasteiger charge is 2.32. The summed E-state index contributed by atoms with van der Waals surface area (Å²) >= 11 is 0. The lowest BCUT2D eigenvalue weighted by molar-refractivity contribution is -0.141. The van der Waals surface area contributed by atoms with E-state index in [0.717, 1.165) is 17.0 Å². The molecule has 0 spiro atoms. The first kappa shape index (κ1) is 18.5. The molecule has 0 saturated heterocycles. The van der Waals surface area contributed by atoms with Crippen LogP contribution >= 0.6 is 0 Å². The van der Waals surface area contributed by atoms with E-state index in [2.05, 4.69) is 5.16 Å². The molecule has 2 aromatic rings. The van der Waals surface area contributed by atoms with Crippen molar-refractivity contribution in [3.63, 3.8) is 0 Å². The van der Waals surface area contributed by atoms with Gasteiger partial charge in [-0.3, -0.25) is 4.79 Å². The number of alkyl halides is 3. The van der Waals surface area contributed by atoms with Crippen molar-refractivity contribution < 1.29 is 32.4 Å². The average Bonchev–Trinajstić information content (AvgIpc) is 2.93. The zero-order chi connectivity index (χ0) is 18.9. The van der Waals surface area contributed by atoms with Crippen LogP contribution in [0.25, 0.3) is 11.3 Å². The number of nitrogens with zero attached hydrogens (tertiary/aromatic N) is 2. The monoisotopic (exact) mass is 356 g/mol. The van der Waals surface area contributed by atoms with Gasteiger partial charge < -0.3 is 14.5 Å². The van der Waals surface area contributed by atoms with E-state index in [1.54, 1.807) is 0 Å². The van der Waals surface area contributed by atoms with Gasteiger partial charge in [0.2, 0.25) is 0 Å². The molecule has 1 heterocycles. The first-order chi connectivity index (χ1) is 11.5. The second-order valence-corrected chi connectivity index (χ2v) is 5.47. The standard InChI is InChI=1S/C16H15F3N2O4/c1-8(15(23)24)21(3)14(22)12-9(2)25-20-13(12)10-4-6-11(7-5-10)16(17,18)19/h4-8H,1-3H3,(H,23,24). The molecular weight excluding hydrogens is 341 g/mol. The Morgan fingerprint density at radius 1 is 1.24 bits per heavy atom. The number of rotatable bonds is 4. The molecule has 2 rings (SSSR count). The highest BCUT2D eigenvalue weighted by molar-refractivity contribution is 6.02. The SMILES string of the molecule is Cc1onc(-c2ccc(C(F)(F)F)cc2)c1C(=O)N(C)C(C)C(=O)O. The van der Waals surface area contributed by atoms with Crippen LogP contribution in [0.2, 0.25) is 0 Å². The normalized spacial score (nSPS) is 12.7. The molecular formula is C16H15F3N2O4. The second kappa shape index (κ2) is 6.58. The number of amides is 1. The molecule has 0 radical (unpaired) electrons. The summed E-state index contributed by atoms with van der Waals surface area (Å²) in [4.78, 5) is 24.6. The molecule has 0 saturated carbocycles. The minimum atomic E-state index is -4.48. The summed E-state index contributed by atoms with van der Waals surface area (Å²) in [6, 6.07) is 3.01. The molecule has 1 amide bonds. The molecule has 134 valence electrons. The van der Waals surface area contributed by atoms with Gasteiger partial charge in [-0.1, -0.05) is 17.3 Å². The van der Waals surface area contributed by atoms with Crippen LogP contribution < -0.4 is 0 Å². The van der Waals surface area contributed by atoms with E-state index >= 15 is 0 Å². The summed E-state index contributed by atoms with van der Waals surface area (Å²) in [7, 11) is 1.31. The Kier molecular flexibility index (Phi) is 4.87. The number of likely N-dealkylation sites (N-methyl/N-ethyl adjacent to an activating group) is 1. The van der Waals surface area contributed by atoms with Crippen LogP contribution in [-0.2, 0) is 11.0 Å². The third-order valence-corrected chi connectivity index (χ3v) is 3.82. The van der Waals surface area contributed by atoms with Crippen LogP contribution in [0.15, 0.2) is 28.8 Å². The predicted octanol–water partition coefficient (Wildman–Crippen LogP) is 3.21. The van der Waals surface area contributed by atoms with Gasteiger partial charge in [-0.05, 0) is 26.0 Å². The quantitative estimate of drug-likeness (QED) is 0.909. The van der Waals surface area contributed by atoms with Gasteiger partial charge in [-0.25, -0.2) is 4.79 Å². The fourth-order valence-electron chi connectivity index (χ4n) is 2.16. The Balaban J connectivity index is 2.42. The van der Waals surface area contributed by atoms with Crippen molar-refractivity contribution in [1.82, 2.24) is 10.1 Å². The van der Waals surface area contributed by atoms with Gasteiger partial charge in [0.15, 0.2) is 0 Å². The van der Waals surface area contributed by atoms with Crippen molar-refractivity contribution in [2.45, 2.75) is 26.1 Å². The highest BCUT2D eigenvalue weighted by atomic mass is 19.4. The molecule has 1 N–H and O–H groups in total. The Morgan fingerprint density at radius 3 is 2.28 bits per heavy atom. The van der Waals surface area contributed by atoms with Crippen LogP contribution in [0.5, 0.6) is 0 Å². The molecule has 1 aromatic carbocycles. The smallest absolute Gasteiger partial charge is 0.416 e. The maximum Gasteiger partial charge on any atom is 0.416 e. The van der Waals surface area contributed by atoms with E-state index in [0.29, 0.717) is 0 Å². The Bertz CT molecular complexity index is 797.